The van der Waals surface area contributed by atoms with Gasteiger partial charge in [0.25, 0.3) is 0 Å². The highest BCUT2D eigenvalue weighted by Crippen LogP contribution is 2.58. The van der Waals surface area contributed by atoms with Crippen LogP contribution >= 0.6 is 46.4 Å². The lowest BCUT2D eigenvalue weighted by Gasteiger charge is -2.32. The maximum atomic E-state index is 13.7. The summed E-state index contributed by atoms with van der Waals surface area (Å²) in [7, 11) is 0. The van der Waals surface area contributed by atoms with Gasteiger partial charge in [0.15, 0.2) is 0 Å². The number of nitrogens with zero attached hydrogens (tertiary/aromatic N) is 2. The number of ether oxygens (including phenoxy) is 1. The van der Waals surface area contributed by atoms with Crippen LogP contribution in [0.3, 0.4) is 0 Å². The Morgan fingerprint density at radius 3 is 2.33 bits per heavy atom. The number of carbonyl (C=O) groups excluding carboxylic acids is 1. The average Bonchev–Trinajstić information content (AvgIpc) is 3.47. The quantitative estimate of drug-likeness (QED) is 0.126. The molecule has 6 rings (SSSR count). The standard InChI is InChI=1S/C28H20Cl4N2O2/c1-4-33-15(3)20(17-10-5-6-11-18(17)33)28(26-14(2)13-16-9-7-8-12-34(16)26)21-19(27(35)36-28)22(29)24(31)25(32)23(21)30/h5-13H,4H2,1-3H3. The molecule has 0 aliphatic carbocycles. The Bertz CT molecular complexity index is 1750. The minimum absolute atomic E-state index is 0.0271. The molecule has 2 aromatic carbocycles. The Morgan fingerprint density at radius 2 is 1.58 bits per heavy atom. The van der Waals surface area contributed by atoms with Crippen LogP contribution in [-0.4, -0.2) is 14.9 Å². The Morgan fingerprint density at radius 1 is 0.889 bits per heavy atom. The van der Waals surface area contributed by atoms with Gasteiger partial charge in [0.1, 0.15) is 0 Å². The number of hydrogen-bond donors (Lipinski definition) is 0. The van der Waals surface area contributed by atoms with E-state index in [4.69, 9.17) is 51.1 Å². The third kappa shape index (κ3) is 2.87. The molecule has 0 amide bonds. The Hall–Kier alpha value is -2.63. The maximum Gasteiger partial charge on any atom is 0.341 e. The van der Waals surface area contributed by atoms with E-state index >= 15 is 0 Å². The fraction of sp³-hybridized carbons (Fsp3) is 0.179. The summed E-state index contributed by atoms with van der Waals surface area (Å²) in [5.41, 5.74) is 4.53. The van der Waals surface area contributed by atoms with Gasteiger partial charge in [0, 0.05) is 46.0 Å². The number of cyclic esters (lactones) is 1. The zero-order valence-electron chi connectivity index (χ0n) is 19.6. The lowest BCUT2D eigenvalue weighted by molar-refractivity contribution is 0.0237. The lowest BCUT2D eigenvalue weighted by atomic mass is 9.80. The summed E-state index contributed by atoms with van der Waals surface area (Å²) in [5, 5.41) is 1.23. The molecular formula is C28H20Cl4N2O2. The molecule has 0 radical (unpaired) electrons. The smallest absolute Gasteiger partial charge is 0.341 e. The normalized spacial score (nSPS) is 17.2. The predicted octanol–water partition coefficient (Wildman–Crippen LogP) is 8.61. The first-order valence-corrected chi connectivity index (χ1v) is 13.0. The van der Waals surface area contributed by atoms with Crippen molar-refractivity contribution in [2.75, 3.05) is 0 Å². The van der Waals surface area contributed by atoms with Crippen molar-refractivity contribution in [2.45, 2.75) is 32.9 Å². The van der Waals surface area contributed by atoms with Gasteiger partial charge in [-0.1, -0.05) is 70.7 Å². The van der Waals surface area contributed by atoms with Crippen molar-refractivity contribution in [3.8, 4) is 0 Å². The molecule has 1 aliphatic heterocycles. The van der Waals surface area contributed by atoms with E-state index in [1.807, 2.05) is 60.8 Å². The molecule has 5 aromatic rings. The summed E-state index contributed by atoms with van der Waals surface area (Å²) in [4.78, 5) is 13.7. The second-order valence-electron chi connectivity index (χ2n) is 8.97. The lowest BCUT2D eigenvalue weighted by Crippen LogP contribution is -2.33. The second-order valence-corrected chi connectivity index (χ2v) is 10.5. The van der Waals surface area contributed by atoms with Crippen LogP contribution in [0.2, 0.25) is 20.1 Å². The third-order valence-electron chi connectivity index (χ3n) is 7.17. The molecule has 1 unspecified atom stereocenters. The number of halogens is 4. The minimum Gasteiger partial charge on any atom is -0.439 e. The monoisotopic (exact) mass is 556 g/mol. The molecule has 8 heteroatoms. The molecule has 3 aromatic heterocycles. The van der Waals surface area contributed by atoms with Gasteiger partial charge in [-0.3, -0.25) is 0 Å². The molecule has 0 N–H and O–H groups in total. The van der Waals surface area contributed by atoms with Crippen LogP contribution in [0.25, 0.3) is 16.4 Å². The number of rotatable bonds is 3. The molecule has 0 saturated carbocycles. The van der Waals surface area contributed by atoms with Crippen LogP contribution in [0.4, 0.5) is 0 Å². The molecule has 0 fully saturated rings. The van der Waals surface area contributed by atoms with Gasteiger partial charge in [0.05, 0.1) is 31.3 Å². The zero-order valence-corrected chi connectivity index (χ0v) is 22.6. The topological polar surface area (TPSA) is 35.6 Å². The van der Waals surface area contributed by atoms with Crippen LogP contribution in [0.1, 0.15) is 45.4 Å². The van der Waals surface area contributed by atoms with E-state index in [1.165, 1.54) is 0 Å². The molecule has 0 spiro atoms. The van der Waals surface area contributed by atoms with Crippen molar-refractivity contribution in [3.05, 3.63) is 108 Å². The van der Waals surface area contributed by atoms with Crippen molar-refractivity contribution in [1.82, 2.24) is 8.97 Å². The number of aryl methyl sites for hydroxylation is 2. The van der Waals surface area contributed by atoms with Gasteiger partial charge in [0.2, 0.25) is 5.60 Å². The number of aromatic nitrogens is 2. The van der Waals surface area contributed by atoms with Crippen LogP contribution in [0.15, 0.2) is 54.7 Å². The van der Waals surface area contributed by atoms with Crippen molar-refractivity contribution in [3.63, 3.8) is 0 Å². The zero-order chi connectivity index (χ0) is 25.5. The van der Waals surface area contributed by atoms with E-state index in [2.05, 4.69) is 23.6 Å². The van der Waals surface area contributed by atoms with E-state index in [-0.39, 0.29) is 25.7 Å². The Kier molecular flexibility index (Phi) is 5.40. The second kappa shape index (κ2) is 8.19. The summed E-state index contributed by atoms with van der Waals surface area (Å²) < 4.78 is 10.7. The summed E-state index contributed by atoms with van der Waals surface area (Å²) in [6, 6.07) is 16.0. The summed E-state index contributed by atoms with van der Waals surface area (Å²) in [6.07, 6.45) is 1.95. The van der Waals surface area contributed by atoms with E-state index < -0.39 is 11.6 Å². The SMILES string of the molecule is CCn1c(C)c(C2(c3c(C)cc4ccccn34)OC(=O)c3c(Cl)c(Cl)c(Cl)c(Cl)c32)c2ccccc21. The highest BCUT2D eigenvalue weighted by Gasteiger charge is 2.56. The molecule has 1 atom stereocenters. The van der Waals surface area contributed by atoms with Gasteiger partial charge in [-0.15, -0.1) is 0 Å². The van der Waals surface area contributed by atoms with Gasteiger partial charge in [-0.25, -0.2) is 4.79 Å². The van der Waals surface area contributed by atoms with E-state index in [9.17, 15) is 4.79 Å². The number of benzene rings is 2. The summed E-state index contributed by atoms with van der Waals surface area (Å²) in [5.74, 6) is -0.603. The van der Waals surface area contributed by atoms with Crippen LogP contribution < -0.4 is 0 Å². The molecule has 182 valence electrons. The highest BCUT2D eigenvalue weighted by molar-refractivity contribution is 6.53. The number of esters is 1. The fourth-order valence-electron chi connectivity index (χ4n) is 5.84. The predicted molar refractivity (Wildman–Crippen MR) is 146 cm³/mol. The van der Waals surface area contributed by atoms with E-state index in [1.54, 1.807) is 0 Å². The first kappa shape index (κ1) is 23.7. The van der Waals surface area contributed by atoms with E-state index in [0.29, 0.717) is 5.56 Å². The first-order chi connectivity index (χ1) is 17.2. The molecular weight excluding hydrogens is 538 g/mol. The van der Waals surface area contributed by atoms with Crippen molar-refractivity contribution >= 4 is 68.8 Å². The van der Waals surface area contributed by atoms with Crippen LogP contribution in [-0.2, 0) is 16.9 Å². The third-order valence-corrected chi connectivity index (χ3v) is 8.97. The first-order valence-electron chi connectivity index (χ1n) is 11.5. The molecule has 1 aliphatic rings. The van der Waals surface area contributed by atoms with Crippen molar-refractivity contribution < 1.29 is 9.53 Å². The number of carbonyl (C=O) groups is 1. The number of fused-ring (bicyclic) bond motifs is 3. The summed E-state index contributed by atoms with van der Waals surface area (Å²) >= 11 is 26.6. The van der Waals surface area contributed by atoms with Gasteiger partial charge < -0.3 is 13.7 Å². The van der Waals surface area contributed by atoms with Gasteiger partial charge in [-0.05, 0) is 50.6 Å². The average molecular weight is 558 g/mol. The largest absolute Gasteiger partial charge is 0.439 e. The fourth-order valence-corrected chi connectivity index (χ4v) is 6.91. The highest BCUT2D eigenvalue weighted by atomic mass is 35.5. The van der Waals surface area contributed by atoms with Crippen molar-refractivity contribution in [1.29, 1.82) is 0 Å². The van der Waals surface area contributed by atoms with E-state index in [0.717, 1.165) is 45.5 Å². The maximum absolute atomic E-state index is 13.7. The summed E-state index contributed by atoms with van der Waals surface area (Å²) in [6.45, 7) is 6.84. The Labute approximate surface area is 227 Å². The van der Waals surface area contributed by atoms with Gasteiger partial charge in [-0.2, -0.15) is 0 Å². The molecule has 0 bridgehead atoms. The number of hydrogen-bond acceptors (Lipinski definition) is 2. The number of para-hydroxylation sites is 1. The van der Waals surface area contributed by atoms with Crippen LogP contribution in [0.5, 0.6) is 0 Å². The van der Waals surface area contributed by atoms with Crippen LogP contribution in [0, 0.1) is 13.8 Å². The molecule has 36 heavy (non-hydrogen) atoms. The minimum atomic E-state index is -1.43. The molecule has 4 heterocycles. The number of pyridine rings is 1. The molecule has 0 saturated heterocycles. The molecule has 4 nitrogen and oxygen atoms in total. The Balaban J connectivity index is 1.91. The van der Waals surface area contributed by atoms with Gasteiger partial charge >= 0.3 is 5.97 Å². The van der Waals surface area contributed by atoms with Crippen molar-refractivity contribution in [2.24, 2.45) is 0 Å².